The van der Waals surface area contributed by atoms with Crippen LogP contribution in [-0.2, 0) is 6.54 Å². The molecular weight excluding hydrogens is 255 g/mol. The van der Waals surface area contributed by atoms with E-state index in [1.807, 2.05) is 18.2 Å². The predicted octanol–water partition coefficient (Wildman–Crippen LogP) is 3.21. The van der Waals surface area contributed by atoms with E-state index in [1.54, 1.807) is 0 Å². The van der Waals surface area contributed by atoms with Crippen LogP contribution in [0.1, 0.15) is 24.8 Å². The van der Waals surface area contributed by atoms with Crippen molar-refractivity contribution in [1.82, 2.24) is 5.32 Å². The molecule has 17 heavy (non-hydrogen) atoms. The van der Waals surface area contributed by atoms with E-state index >= 15 is 0 Å². The molecule has 4 heteroatoms. The molecule has 2 atom stereocenters. The normalized spacial score (nSPS) is 24.2. The maximum absolute atomic E-state index is 5.99. The van der Waals surface area contributed by atoms with Crippen molar-refractivity contribution in [3.8, 4) is 0 Å². The van der Waals surface area contributed by atoms with Gasteiger partial charge >= 0.3 is 0 Å². The number of hydrogen-bond acceptors (Lipinski definition) is 2. The monoisotopic (exact) mass is 272 g/mol. The molecule has 0 saturated heterocycles. The minimum absolute atomic E-state index is 0.550. The molecule has 1 aliphatic carbocycles. The Hall–Kier alpha value is -0.280. The lowest BCUT2D eigenvalue weighted by Gasteiger charge is -2.19. The summed E-state index contributed by atoms with van der Waals surface area (Å²) in [5.41, 5.74) is 6.93. The topological polar surface area (TPSA) is 38.0 Å². The highest BCUT2D eigenvalue weighted by molar-refractivity contribution is 6.42. The van der Waals surface area contributed by atoms with Gasteiger partial charge in [-0.15, -0.1) is 0 Å². The van der Waals surface area contributed by atoms with Crippen LogP contribution in [0.2, 0.25) is 10.0 Å². The van der Waals surface area contributed by atoms with Gasteiger partial charge in [-0.25, -0.2) is 0 Å². The number of nitrogens with two attached hydrogens (primary N) is 1. The zero-order valence-corrected chi connectivity index (χ0v) is 11.3. The number of halogens is 2. The van der Waals surface area contributed by atoms with Crippen LogP contribution in [0.25, 0.3) is 0 Å². The zero-order chi connectivity index (χ0) is 12.3. The number of nitrogens with one attached hydrogen (secondary N) is 1. The predicted molar refractivity (Wildman–Crippen MR) is 73.5 cm³/mol. The van der Waals surface area contributed by atoms with Crippen LogP contribution in [0.3, 0.4) is 0 Å². The van der Waals surface area contributed by atoms with Crippen molar-refractivity contribution in [2.45, 2.75) is 31.8 Å². The van der Waals surface area contributed by atoms with E-state index < -0.39 is 0 Å². The van der Waals surface area contributed by atoms with E-state index in [2.05, 4.69) is 5.32 Å². The van der Waals surface area contributed by atoms with E-state index in [0.717, 1.165) is 13.1 Å². The van der Waals surface area contributed by atoms with Crippen LogP contribution in [0.5, 0.6) is 0 Å². The number of rotatable bonds is 4. The third-order valence-corrected chi connectivity index (χ3v) is 4.25. The molecular formula is C13H18Cl2N2. The molecule has 1 saturated carbocycles. The molecule has 0 bridgehead atoms. The summed E-state index contributed by atoms with van der Waals surface area (Å²) in [6.45, 7) is 1.61. The molecule has 0 heterocycles. The Balaban J connectivity index is 1.91. The maximum atomic E-state index is 5.99. The molecule has 0 amide bonds. The van der Waals surface area contributed by atoms with Crippen molar-refractivity contribution in [3.63, 3.8) is 0 Å². The summed E-state index contributed by atoms with van der Waals surface area (Å²) < 4.78 is 0. The van der Waals surface area contributed by atoms with Crippen molar-refractivity contribution in [3.05, 3.63) is 33.8 Å². The van der Waals surface area contributed by atoms with E-state index in [1.165, 1.54) is 24.8 Å². The van der Waals surface area contributed by atoms with Crippen molar-refractivity contribution < 1.29 is 0 Å². The van der Waals surface area contributed by atoms with Crippen LogP contribution in [0.4, 0.5) is 0 Å². The molecule has 0 aromatic heterocycles. The highest BCUT2D eigenvalue weighted by Gasteiger charge is 2.25. The van der Waals surface area contributed by atoms with E-state index in [4.69, 9.17) is 28.9 Å². The first-order valence-corrected chi connectivity index (χ1v) is 6.83. The summed E-state index contributed by atoms with van der Waals surface area (Å²) in [6.07, 6.45) is 3.75. The fourth-order valence-corrected chi connectivity index (χ4v) is 2.81. The second kappa shape index (κ2) is 6.05. The largest absolute Gasteiger partial charge is 0.330 e. The Bertz CT molecular complexity index is 382. The van der Waals surface area contributed by atoms with Crippen LogP contribution < -0.4 is 11.1 Å². The molecule has 3 N–H and O–H groups in total. The van der Waals surface area contributed by atoms with Gasteiger partial charge in [-0.1, -0.05) is 35.7 Å². The van der Waals surface area contributed by atoms with Crippen molar-refractivity contribution >= 4 is 23.2 Å². The van der Waals surface area contributed by atoms with Gasteiger partial charge in [-0.3, -0.25) is 0 Å². The molecule has 1 aromatic rings. The SMILES string of the molecule is NC[C@@H]1CCC[C@@H]1NCc1ccc(Cl)c(Cl)c1. The van der Waals surface area contributed by atoms with Crippen LogP contribution in [0, 0.1) is 5.92 Å². The summed E-state index contributed by atoms with van der Waals surface area (Å²) in [6, 6.07) is 6.32. The Morgan fingerprint density at radius 3 is 2.76 bits per heavy atom. The van der Waals surface area contributed by atoms with Crippen LogP contribution >= 0.6 is 23.2 Å². The summed E-state index contributed by atoms with van der Waals surface area (Å²) in [4.78, 5) is 0. The quantitative estimate of drug-likeness (QED) is 0.884. The van der Waals surface area contributed by atoms with Crippen LogP contribution in [0.15, 0.2) is 18.2 Å². The fourth-order valence-electron chi connectivity index (χ4n) is 2.49. The molecule has 94 valence electrons. The Morgan fingerprint density at radius 2 is 2.06 bits per heavy atom. The molecule has 0 radical (unpaired) electrons. The second-order valence-corrected chi connectivity index (χ2v) is 5.48. The number of hydrogen-bond donors (Lipinski definition) is 2. The van der Waals surface area contributed by atoms with E-state index in [0.29, 0.717) is 22.0 Å². The summed E-state index contributed by atoms with van der Waals surface area (Å²) >= 11 is 11.9. The molecule has 1 aliphatic rings. The van der Waals surface area contributed by atoms with Crippen molar-refractivity contribution in [2.75, 3.05) is 6.54 Å². The summed E-state index contributed by atoms with van der Waals surface area (Å²) in [5.74, 6) is 0.623. The van der Waals surface area contributed by atoms with Crippen molar-refractivity contribution in [1.29, 1.82) is 0 Å². The lowest BCUT2D eigenvalue weighted by Crippen LogP contribution is -2.35. The van der Waals surface area contributed by atoms with Gasteiger partial charge < -0.3 is 11.1 Å². The lowest BCUT2D eigenvalue weighted by molar-refractivity contribution is 0.406. The van der Waals surface area contributed by atoms with Gasteiger partial charge in [-0.05, 0) is 43.0 Å². The standard InChI is InChI=1S/C13H18Cl2N2/c14-11-5-4-9(6-12(11)15)8-17-13-3-1-2-10(13)7-16/h4-6,10,13,17H,1-3,7-8,16H2/t10-,13-/m0/s1. The van der Waals surface area contributed by atoms with Gasteiger partial charge in [-0.2, -0.15) is 0 Å². The summed E-state index contributed by atoms with van der Waals surface area (Å²) in [5, 5.41) is 4.79. The van der Waals surface area contributed by atoms with Gasteiger partial charge in [0.05, 0.1) is 10.0 Å². The molecule has 0 spiro atoms. The van der Waals surface area contributed by atoms with Crippen LogP contribution in [-0.4, -0.2) is 12.6 Å². The minimum Gasteiger partial charge on any atom is -0.330 e. The molecule has 1 aromatic carbocycles. The number of benzene rings is 1. The Morgan fingerprint density at radius 1 is 1.24 bits per heavy atom. The average Bonchev–Trinajstić information content (AvgIpc) is 2.78. The van der Waals surface area contributed by atoms with Crippen molar-refractivity contribution in [2.24, 2.45) is 11.7 Å². The third kappa shape index (κ3) is 3.35. The highest BCUT2D eigenvalue weighted by Crippen LogP contribution is 2.26. The van der Waals surface area contributed by atoms with E-state index in [-0.39, 0.29) is 0 Å². The molecule has 2 nitrogen and oxygen atoms in total. The van der Waals surface area contributed by atoms with Gasteiger partial charge in [0.25, 0.3) is 0 Å². The maximum Gasteiger partial charge on any atom is 0.0595 e. The lowest BCUT2D eigenvalue weighted by atomic mass is 10.0. The van der Waals surface area contributed by atoms with E-state index in [9.17, 15) is 0 Å². The van der Waals surface area contributed by atoms with Gasteiger partial charge in [0, 0.05) is 12.6 Å². The Labute approximate surface area is 112 Å². The first-order valence-electron chi connectivity index (χ1n) is 6.08. The second-order valence-electron chi connectivity index (χ2n) is 4.66. The first kappa shape index (κ1) is 13.2. The van der Waals surface area contributed by atoms with Gasteiger partial charge in [0.2, 0.25) is 0 Å². The fraction of sp³-hybridized carbons (Fsp3) is 0.538. The zero-order valence-electron chi connectivity index (χ0n) is 9.76. The summed E-state index contributed by atoms with van der Waals surface area (Å²) in [7, 11) is 0. The average molecular weight is 273 g/mol. The first-order chi connectivity index (χ1) is 8.20. The smallest absolute Gasteiger partial charge is 0.0595 e. The Kier molecular flexibility index (Phi) is 4.69. The van der Waals surface area contributed by atoms with Gasteiger partial charge in [0.1, 0.15) is 0 Å². The molecule has 1 fully saturated rings. The highest BCUT2D eigenvalue weighted by atomic mass is 35.5. The van der Waals surface area contributed by atoms with Gasteiger partial charge in [0.15, 0.2) is 0 Å². The molecule has 0 unspecified atom stereocenters. The molecule has 2 rings (SSSR count). The minimum atomic E-state index is 0.550. The third-order valence-electron chi connectivity index (χ3n) is 3.51. The molecule has 0 aliphatic heterocycles.